The molecule has 0 unspecified atom stereocenters. The Morgan fingerprint density at radius 3 is 2.55 bits per heavy atom. The van der Waals surface area contributed by atoms with Crippen LogP contribution in [0.1, 0.15) is 37.2 Å². The SMILES string of the molecule is [2H]c1cc(NC(=O)[C@@H]2O[C@@](C)(C(F)(F)F)[C@@H](C)[C@H]2c2ccc(F)c(F)c2OC)cc(C(N)=O)n1. The van der Waals surface area contributed by atoms with Gasteiger partial charge >= 0.3 is 6.18 Å². The van der Waals surface area contributed by atoms with Gasteiger partial charge in [-0.05, 0) is 25.1 Å². The largest absolute Gasteiger partial charge is 0.493 e. The third kappa shape index (κ3) is 4.22. The molecular weight excluding hydrogens is 453 g/mol. The smallest absolute Gasteiger partial charge is 0.417 e. The molecule has 1 aromatic carbocycles. The van der Waals surface area contributed by atoms with E-state index in [1.165, 1.54) is 6.92 Å². The molecule has 1 saturated heterocycles. The highest BCUT2D eigenvalue weighted by atomic mass is 19.4. The van der Waals surface area contributed by atoms with Crippen LogP contribution in [0.15, 0.2) is 30.4 Å². The lowest BCUT2D eigenvalue weighted by atomic mass is 9.77. The van der Waals surface area contributed by atoms with Gasteiger partial charge in [0.2, 0.25) is 5.82 Å². The standard InChI is InChI=1S/C21H20F5N3O4/c1-9-14(11-4-5-12(22)15(23)16(11)32-3)17(33-20(9,2)21(24,25)26)19(31)29-10-6-7-28-13(8-10)18(27)30/h4-9,14,17H,1-3H3,(H2,27,30)(H,28,29,31)/t9-,14-,17+,20+/m0/s1/i7D. The minimum Gasteiger partial charge on any atom is -0.493 e. The lowest BCUT2D eigenvalue weighted by Gasteiger charge is -2.32. The summed E-state index contributed by atoms with van der Waals surface area (Å²) in [4.78, 5) is 28.1. The Kier molecular flexibility index (Phi) is 5.95. The zero-order chi connectivity index (χ0) is 25.6. The van der Waals surface area contributed by atoms with E-state index in [4.69, 9.17) is 16.6 Å². The number of pyridine rings is 1. The van der Waals surface area contributed by atoms with Gasteiger partial charge in [0.05, 0.1) is 8.48 Å². The minimum absolute atomic E-state index is 0.147. The highest BCUT2D eigenvalue weighted by Gasteiger charge is 2.65. The molecule has 178 valence electrons. The summed E-state index contributed by atoms with van der Waals surface area (Å²) >= 11 is 0. The van der Waals surface area contributed by atoms with E-state index in [-0.39, 0.29) is 16.9 Å². The van der Waals surface area contributed by atoms with Crippen molar-refractivity contribution in [2.24, 2.45) is 11.7 Å². The Morgan fingerprint density at radius 1 is 1.30 bits per heavy atom. The summed E-state index contributed by atoms with van der Waals surface area (Å²) in [6, 6.07) is 3.82. The number of halogens is 5. The fourth-order valence-electron chi connectivity index (χ4n) is 3.84. The summed E-state index contributed by atoms with van der Waals surface area (Å²) in [7, 11) is 1.01. The lowest BCUT2D eigenvalue weighted by molar-refractivity contribution is -0.272. The zero-order valence-electron chi connectivity index (χ0n) is 18.6. The summed E-state index contributed by atoms with van der Waals surface area (Å²) in [6.07, 6.45) is -7.19. The molecule has 3 rings (SSSR count). The van der Waals surface area contributed by atoms with E-state index < -0.39 is 65.1 Å². The van der Waals surface area contributed by atoms with Gasteiger partial charge in [-0.25, -0.2) is 4.39 Å². The number of nitrogens with two attached hydrogens (primary N) is 1. The second-order valence-electron chi connectivity index (χ2n) is 7.67. The van der Waals surface area contributed by atoms with E-state index >= 15 is 0 Å². The number of hydrogen-bond donors (Lipinski definition) is 2. The highest BCUT2D eigenvalue weighted by Crippen LogP contribution is 2.55. The number of carbonyl (C=O) groups excluding carboxylic acids is 2. The molecule has 1 fully saturated rings. The van der Waals surface area contributed by atoms with Crippen LogP contribution >= 0.6 is 0 Å². The molecular formula is C21H20F5N3O4. The van der Waals surface area contributed by atoms with Crippen LogP contribution < -0.4 is 15.8 Å². The first kappa shape index (κ1) is 22.9. The second kappa shape index (κ2) is 8.58. The van der Waals surface area contributed by atoms with Crippen LogP contribution in [-0.2, 0) is 9.53 Å². The summed E-state index contributed by atoms with van der Waals surface area (Å²) in [6.45, 7) is 1.93. The van der Waals surface area contributed by atoms with E-state index in [0.717, 1.165) is 32.2 Å². The number of hydrogen-bond acceptors (Lipinski definition) is 5. The monoisotopic (exact) mass is 474 g/mol. The molecule has 1 aromatic heterocycles. The first-order chi connectivity index (χ1) is 15.7. The summed E-state index contributed by atoms with van der Waals surface area (Å²) in [5, 5.41) is 2.29. The maximum atomic E-state index is 14.4. The molecule has 2 heterocycles. The average molecular weight is 474 g/mol. The van der Waals surface area contributed by atoms with E-state index in [1.807, 2.05) is 0 Å². The number of ether oxygens (including phenoxy) is 2. The van der Waals surface area contributed by atoms with Gasteiger partial charge < -0.3 is 20.5 Å². The van der Waals surface area contributed by atoms with Crippen molar-refractivity contribution in [1.29, 1.82) is 0 Å². The predicted molar refractivity (Wildman–Crippen MR) is 106 cm³/mol. The van der Waals surface area contributed by atoms with Crippen molar-refractivity contribution in [3.8, 4) is 5.75 Å². The van der Waals surface area contributed by atoms with Gasteiger partial charge in [-0.1, -0.05) is 13.0 Å². The van der Waals surface area contributed by atoms with Crippen LogP contribution in [0.5, 0.6) is 5.75 Å². The summed E-state index contributed by atoms with van der Waals surface area (Å²) < 4.78 is 87.8. The molecule has 0 bridgehead atoms. The van der Waals surface area contributed by atoms with Crippen molar-refractivity contribution < 1.29 is 42.4 Å². The molecule has 1 aliphatic rings. The normalized spacial score (nSPS) is 25.5. The quantitative estimate of drug-likeness (QED) is 0.646. The van der Waals surface area contributed by atoms with Crippen molar-refractivity contribution >= 4 is 17.5 Å². The molecule has 0 spiro atoms. The molecule has 2 aromatic rings. The van der Waals surface area contributed by atoms with E-state index in [0.29, 0.717) is 6.07 Å². The molecule has 3 N–H and O–H groups in total. The molecule has 12 heteroatoms. The van der Waals surface area contributed by atoms with Crippen LogP contribution in [0.2, 0.25) is 0 Å². The number of amides is 2. The summed E-state index contributed by atoms with van der Waals surface area (Å²) in [5.74, 6) is -8.30. The Hall–Kier alpha value is -3.28. The number of anilines is 1. The average Bonchev–Trinajstić information content (AvgIpc) is 3.01. The number of methoxy groups -OCH3 is 1. The number of nitrogens with one attached hydrogen (secondary N) is 1. The fourth-order valence-corrected chi connectivity index (χ4v) is 3.84. The van der Waals surface area contributed by atoms with Crippen LogP contribution in [0.4, 0.5) is 27.6 Å². The number of nitrogens with zero attached hydrogens (tertiary/aromatic N) is 1. The number of aromatic nitrogens is 1. The van der Waals surface area contributed by atoms with Crippen molar-refractivity contribution in [2.75, 3.05) is 12.4 Å². The topological polar surface area (TPSA) is 104 Å². The van der Waals surface area contributed by atoms with Gasteiger partial charge in [0.25, 0.3) is 11.8 Å². The highest BCUT2D eigenvalue weighted by molar-refractivity contribution is 5.97. The van der Waals surface area contributed by atoms with Gasteiger partial charge in [-0.15, -0.1) is 0 Å². The maximum Gasteiger partial charge on any atom is 0.417 e. The first-order valence-corrected chi connectivity index (χ1v) is 9.57. The van der Waals surface area contributed by atoms with E-state index in [9.17, 15) is 31.5 Å². The van der Waals surface area contributed by atoms with Gasteiger partial charge in [-0.2, -0.15) is 17.6 Å². The number of benzene rings is 1. The van der Waals surface area contributed by atoms with Gasteiger partial charge in [0.15, 0.2) is 17.2 Å². The zero-order valence-corrected chi connectivity index (χ0v) is 17.6. The van der Waals surface area contributed by atoms with E-state index in [1.54, 1.807) is 0 Å². The Balaban J connectivity index is 2.09. The van der Waals surface area contributed by atoms with E-state index in [2.05, 4.69) is 10.3 Å². The maximum absolute atomic E-state index is 14.4. The Labute approximate surface area is 186 Å². The van der Waals surface area contributed by atoms with Gasteiger partial charge in [0.1, 0.15) is 11.8 Å². The minimum atomic E-state index is -4.92. The van der Waals surface area contributed by atoms with Crippen molar-refractivity contribution in [1.82, 2.24) is 4.98 Å². The van der Waals surface area contributed by atoms with Gasteiger partial charge in [0, 0.05) is 29.3 Å². The Bertz CT molecular complexity index is 1150. The molecule has 0 aliphatic carbocycles. The lowest BCUT2D eigenvalue weighted by Crippen LogP contribution is -2.47. The molecule has 4 atom stereocenters. The Morgan fingerprint density at radius 2 is 1.97 bits per heavy atom. The molecule has 2 amide bonds. The number of primary amides is 1. The second-order valence-corrected chi connectivity index (χ2v) is 7.67. The third-order valence-electron chi connectivity index (χ3n) is 5.79. The first-order valence-electron chi connectivity index (χ1n) is 10.1. The van der Waals surface area contributed by atoms with Crippen LogP contribution in [-0.4, -0.2) is 41.8 Å². The summed E-state index contributed by atoms with van der Waals surface area (Å²) in [5.41, 5.74) is 1.60. The van der Waals surface area contributed by atoms with Crippen molar-refractivity contribution in [2.45, 2.75) is 37.6 Å². The molecule has 0 radical (unpaired) electrons. The van der Waals surface area contributed by atoms with Crippen LogP contribution in [0.3, 0.4) is 0 Å². The molecule has 33 heavy (non-hydrogen) atoms. The van der Waals surface area contributed by atoms with Crippen LogP contribution in [0, 0.1) is 17.6 Å². The van der Waals surface area contributed by atoms with Crippen LogP contribution in [0.25, 0.3) is 0 Å². The molecule has 0 saturated carbocycles. The van der Waals surface area contributed by atoms with Crippen molar-refractivity contribution in [3.63, 3.8) is 0 Å². The third-order valence-corrected chi connectivity index (χ3v) is 5.79. The fraction of sp³-hybridized carbons (Fsp3) is 0.381. The number of carbonyl (C=O) groups is 2. The predicted octanol–water partition coefficient (Wildman–Crippen LogP) is 3.55. The number of alkyl halides is 3. The molecule has 7 nitrogen and oxygen atoms in total. The van der Waals surface area contributed by atoms with Gasteiger partial charge in [-0.3, -0.25) is 14.6 Å². The number of rotatable bonds is 5. The van der Waals surface area contributed by atoms with Crippen molar-refractivity contribution in [3.05, 3.63) is 53.3 Å². The molecule has 1 aliphatic heterocycles.